The van der Waals surface area contributed by atoms with Crippen LogP contribution < -0.4 is 4.90 Å². The van der Waals surface area contributed by atoms with Crippen molar-refractivity contribution in [1.29, 1.82) is 0 Å². The fourth-order valence-electron chi connectivity index (χ4n) is 2.76. The predicted octanol–water partition coefficient (Wildman–Crippen LogP) is 1.39. The van der Waals surface area contributed by atoms with Crippen molar-refractivity contribution in [2.45, 2.75) is 19.6 Å². The molecule has 21 heavy (non-hydrogen) atoms. The normalized spacial score (nSPS) is 17.8. The lowest BCUT2D eigenvalue weighted by molar-refractivity contribution is 0.151. The first-order valence-corrected chi connectivity index (χ1v) is 7.04. The van der Waals surface area contributed by atoms with Gasteiger partial charge >= 0.3 is 0 Å². The number of rotatable bonds is 5. The zero-order chi connectivity index (χ0) is 14.7. The lowest BCUT2D eigenvalue weighted by atomic mass is 9.93. The van der Waals surface area contributed by atoms with Crippen LogP contribution in [0.2, 0.25) is 0 Å². The topological polar surface area (TPSA) is 71.6 Å². The summed E-state index contributed by atoms with van der Waals surface area (Å²) in [7, 11) is 1.59. The van der Waals surface area contributed by atoms with Crippen LogP contribution in [0.5, 0.6) is 0 Å². The summed E-state index contributed by atoms with van der Waals surface area (Å²) in [4.78, 5) is 6.51. The van der Waals surface area contributed by atoms with Crippen LogP contribution in [-0.4, -0.2) is 35.5 Å². The average Bonchev–Trinajstić information content (AvgIpc) is 2.94. The summed E-state index contributed by atoms with van der Waals surface area (Å²) in [6, 6.07) is 8.26. The maximum absolute atomic E-state index is 9.48. The zero-order valence-electron chi connectivity index (χ0n) is 12.0. The molecule has 0 radical (unpaired) electrons. The molecular weight excluding hydrogens is 270 g/mol. The van der Waals surface area contributed by atoms with Crippen molar-refractivity contribution in [2.75, 3.05) is 25.2 Å². The van der Waals surface area contributed by atoms with Gasteiger partial charge in [-0.3, -0.25) is 0 Å². The van der Waals surface area contributed by atoms with Crippen LogP contribution in [0.4, 0.5) is 5.69 Å². The smallest absolute Gasteiger partial charge is 0.252 e. The Kier molecular flexibility index (Phi) is 4.17. The summed E-state index contributed by atoms with van der Waals surface area (Å²) in [5.41, 5.74) is 2.43. The Morgan fingerprint density at radius 2 is 2.29 bits per heavy atom. The number of methoxy groups -OCH3 is 1. The molecule has 1 aliphatic rings. The molecule has 0 spiro atoms. The SMILES string of the molecule is COCc1nc(CN2CC(CO)Cc3ccccc32)no1. The van der Waals surface area contributed by atoms with E-state index in [2.05, 4.69) is 27.2 Å². The number of hydrogen-bond donors (Lipinski definition) is 1. The van der Waals surface area contributed by atoms with E-state index in [9.17, 15) is 5.11 Å². The molecule has 2 aromatic rings. The molecule has 1 atom stereocenters. The second-order valence-corrected chi connectivity index (χ2v) is 5.30. The molecule has 112 valence electrons. The van der Waals surface area contributed by atoms with E-state index in [1.165, 1.54) is 11.3 Å². The van der Waals surface area contributed by atoms with Crippen LogP contribution in [0.25, 0.3) is 0 Å². The van der Waals surface area contributed by atoms with E-state index in [-0.39, 0.29) is 12.5 Å². The highest BCUT2D eigenvalue weighted by molar-refractivity contribution is 5.55. The van der Waals surface area contributed by atoms with Gasteiger partial charge in [0.2, 0.25) is 0 Å². The third-order valence-electron chi connectivity index (χ3n) is 3.69. The van der Waals surface area contributed by atoms with Crippen molar-refractivity contribution in [3.63, 3.8) is 0 Å². The van der Waals surface area contributed by atoms with E-state index in [1.807, 2.05) is 12.1 Å². The van der Waals surface area contributed by atoms with Gasteiger partial charge in [0.05, 0.1) is 6.54 Å². The van der Waals surface area contributed by atoms with Crippen molar-refractivity contribution >= 4 is 5.69 Å². The first-order chi connectivity index (χ1) is 10.3. The molecule has 1 N–H and O–H groups in total. The van der Waals surface area contributed by atoms with E-state index in [0.29, 0.717) is 24.9 Å². The monoisotopic (exact) mass is 289 g/mol. The van der Waals surface area contributed by atoms with E-state index < -0.39 is 0 Å². The van der Waals surface area contributed by atoms with Crippen LogP contribution in [0.15, 0.2) is 28.8 Å². The molecule has 6 heteroatoms. The summed E-state index contributed by atoms with van der Waals surface area (Å²) in [6.07, 6.45) is 0.907. The predicted molar refractivity (Wildman–Crippen MR) is 76.8 cm³/mol. The molecule has 6 nitrogen and oxygen atoms in total. The minimum Gasteiger partial charge on any atom is -0.396 e. The second-order valence-electron chi connectivity index (χ2n) is 5.30. The molecule has 2 heterocycles. The molecule has 1 aliphatic heterocycles. The first-order valence-electron chi connectivity index (χ1n) is 7.04. The van der Waals surface area contributed by atoms with Crippen molar-refractivity contribution in [3.05, 3.63) is 41.5 Å². The van der Waals surface area contributed by atoms with Gasteiger partial charge in [-0.05, 0) is 18.1 Å². The largest absolute Gasteiger partial charge is 0.396 e. The number of hydrogen-bond acceptors (Lipinski definition) is 6. The van der Waals surface area contributed by atoms with Gasteiger partial charge in [0.1, 0.15) is 6.61 Å². The Morgan fingerprint density at radius 3 is 3.10 bits per heavy atom. The second kappa shape index (κ2) is 6.24. The van der Waals surface area contributed by atoms with Gasteiger partial charge in [-0.25, -0.2) is 0 Å². The molecule has 0 saturated carbocycles. The fourth-order valence-corrected chi connectivity index (χ4v) is 2.76. The summed E-state index contributed by atoms with van der Waals surface area (Å²) in [5, 5.41) is 13.5. The lowest BCUT2D eigenvalue weighted by Gasteiger charge is -2.34. The van der Waals surface area contributed by atoms with Crippen molar-refractivity contribution in [3.8, 4) is 0 Å². The third kappa shape index (κ3) is 3.06. The summed E-state index contributed by atoms with van der Waals surface area (Å²) in [5.74, 6) is 1.36. The molecule has 3 rings (SSSR count). The maximum Gasteiger partial charge on any atom is 0.252 e. The minimum absolute atomic E-state index is 0.187. The van der Waals surface area contributed by atoms with Crippen LogP contribution in [0.3, 0.4) is 0 Å². The number of nitrogens with zero attached hydrogens (tertiary/aromatic N) is 3. The van der Waals surface area contributed by atoms with Crippen LogP contribution >= 0.6 is 0 Å². The number of anilines is 1. The van der Waals surface area contributed by atoms with Gasteiger partial charge in [-0.2, -0.15) is 4.98 Å². The maximum atomic E-state index is 9.48. The van der Waals surface area contributed by atoms with Gasteiger partial charge in [-0.15, -0.1) is 0 Å². The number of aromatic nitrogens is 2. The highest BCUT2D eigenvalue weighted by Crippen LogP contribution is 2.30. The molecule has 1 aromatic heterocycles. The molecule has 0 bridgehead atoms. The highest BCUT2D eigenvalue weighted by atomic mass is 16.5. The van der Waals surface area contributed by atoms with Crippen molar-refractivity contribution in [2.24, 2.45) is 5.92 Å². The molecule has 1 aromatic carbocycles. The number of para-hydroxylation sites is 1. The van der Waals surface area contributed by atoms with Gasteiger partial charge < -0.3 is 19.3 Å². The fraction of sp³-hybridized carbons (Fsp3) is 0.467. The molecule has 0 saturated heterocycles. The Balaban J connectivity index is 1.80. The van der Waals surface area contributed by atoms with E-state index in [4.69, 9.17) is 9.26 Å². The Morgan fingerprint density at radius 1 is 1.43 bits per heavy atom. The molecule has 0 aliphatic carbocycles. The van der Waals surface area contributed by atoms with Crippen LogP contribution in [-0.2, 0) is 24.3 Å². The van der Waals surface area contributed by atoms with Gasteiger partial charge in [0.15, 0.2) is 5.82 Å². The Labute approximate surface area is 123 Å². The zero-order valence-corrected chi connectivity index (χ0v) is 12.0. The van der Waals surface area contributed by atoms with Gasteiger partial charge in [-0.1, -0.05) is 23.4 Å². The van der Waals surface area contributed by atoms with Crippen molar-refractivity contribution in [1.82, 2.24) is 10.1 Å². The highest BCUT2D eigenvalue weighted by Gasteiger charge is 2.24. The lowest BCUT2D eigenvalue weighted by Crippen LogP contribution is -2.36. The van der Waals surface area contributed by atoms with Crippen molar-refractivity contribution < 1.29 is 14.4 Å². The Hall–Kier alpha value is -1.92. The first kappa shape index (κ1) is 14.0. The quantitative estimate of drug-likeness (QED) is 0.897. The number of ether oxygens (including phenoxy) is 1. The van der Waals surface area contributed by atoms with E-state index >= 15 is 0 Å². The summed E-state index contributed by atoms with van der Waals surface area (Å²) in [6.45, 7) is 1.87. The number of benzene rings is 1. The number of fused-ring (bicyclic) bond motifs is 1. The molecule has 0 amide bonds. The van der Waals surface area contributed by atoms with E-state index in [0.717, 1.165) is 13.0 Å². The van der Waals surface area contributed by atoms with Crippen LogP contribution in [0, 0.1) is 5.92 Å². The van der Waals surface area contributed by atoms with Gasteiger partial charge in [0.25, 0.3) is 5.89 Å². The van der Waals surface area contributed by atoms with E-state index in [1.54, 1.807) is 7.11 Å². The standard InChI is InChI=1S/C15H19N3O3/c1-20-10-15-16-14(17-21-15)8-18-7-11(9-19)6-12-4-2-3-5-13(12)18/h2-5,11,19H,6-10H2,1H3. The molecule has 1 unspecified atom stereocenters. The Bertz CT molecular complexity index is 599. The molecule has 0 fully saturated rings. The average molecular weight is 289 g/mol. The number of aliphatic hydroxyl groups is 1. The minimum atomic E-state index is 0.187. The number of aliphatic hydroxyl groups excluding tert-OH is 1. The summed E-state index contributed by atoms with van der Waals surface area (Å²) < 4.78 is 10.1. The molecular formula is C15H19N3O3. The van der Waals surface area contributed by atoms with Crippen LogP contribution in [0.1, 0.15) is 17.3 Å². The third-order valence-corrected chi connectivity index (χ3v) is 3.69. The van der Waals surface area contributed by atoms with Gasteiger partial charge in [0, 0.05) is 31.9 Å². The summed E-state index contributed by atoms with van der Waals surface area (Å²) >= 11 is 0.